The fourth-order valence-corrected chi connectivity index (χ4v) is 6.13. The number of aromatic amines is 1. The average molecular weight is 474 g/mol. The Balaban J connectivity index is 1.14. The van der Waals surface area contributed by atoms with Crippen molar-refractivity contribution in [1.82, 2.24) is 25.1 Å². The van der Waals surface area contributed by atoms with Crippen LogP contribution in [0.2, 0.25) is 0 Å². The molecule has 0 radical (unpaired) electrons. The number of piperidine rings is 1. The van der Waals surface area contributed by atoms with Crippen LogP contribution >= 0.6 is 0 Å². The summed E-state index contributed by atoms with van der Waals surface area (Å²) >= 11 is 0. The Morgan fingerprint density at radius 1 is 1.03 bits per heavy atom. The van der Waals surface area contributed by atoms with Crippen LogP contribution in [0.25, 0.3) is 27.6 Å². The van der Waals surface area contributed by atoms with E-state index in [9.17, 15) is 0 Å². The van der Waals surface area contributed by atoms with Crippen molar-refractivity contribution in [2.45, 2.75) is 25.3 Å². The number of pyridine rings is 1. The number of nitrogens with zero attached hydrogens (tertiary/aromatic N) is 5. The molecule has 1 aliphatic carbocycles. The molecule has 5 aromatic rings. The van der Waals surface area contributed by atoms with E-state index in [-0.39, 0.29) is 11.5 Å². The van der Waals surface area contributed by atoms with Gasteiger partial charge in [-0.15, -0.1) is 0 Å². The van der Waals surface area contributed by atoms with Crippen LogP contribution in [0.15, 0.2) is 73.6 Å². The van der Waals surface area contributed by atoms with Gasteiger partial charge in [0.1, 0.15) is 17.0 Å². The summed E-state index contributed by atoms with van der Waals surface area (Å²) in [5, 5.41) is 8.68. The lowest BCUT2D eigenvalue weighted by Gasteiger charge is -2.42. The maximum absolute atomic E-state index is 6.76. The highest BCUT2D eigenvalue weighted by Gasteiger charge is 2.45. The van der Waals surface area contributed by atoms with Crippen molar-refractivity contribution in [3.63, 3.8) is 0 Å². The number of rotatable bonds is 3. The third kappa shape index (κ3) is 3.16. The second-order valence-electron chi connectivity index (χ2n) is 10.1. The normalized spacial score (nSPS) is 18.7. The number of anilines is 1. The monoisotopic (exact) mass is 473 g/mol. The Hall–Kier alpha value is -4.10. The Bertz CT molecular complexity index is 1620. The van der Waals surface area contributed by atoms with Gasteiger partial charge in [-0.25, -0.2) is 9.97 Å². The first-order valence-electron chi connectivity index (χ1n) is 12.5. The van der Waals surface area contributed by atoms with E-state index >= 15 is 0 Å². The van der Waals surface area contributed by atoms with Crippen LogP contribution in [-0.2, 0) is 6.42 Å². The van der Waals surface area contributed by atoms with E-state index in [0.29, 0.717) is 11.3 Å². The molecule has 0 saturated carbocycles. The second kappa shape index (κ2) is 7.96. The van der Waals surface area contributed by atoms with Gasteiger partial charge in [-0.05, 0) is 53.5 Å². The largest absolute Gasteiger partial charge is 0.355 e. The fraction of sp³-hybridized carbons (Fsp3) is 0.241. The van der Waals surface area contributed by atoms with Gasteiger partial charge in [0.2, 0.25) is 0 Å². The molecule has 3 aromatic heterocycles. The number of H-pyrrole nitrogens is 1. The molecule has 1 aliphatic heterocycles. The first-order valence-corrected chi connectivity index (χ1v) is 12.5. The van der Waals surface area contributed by atoms with Crippen LogP contribution in [0.5, 0.6) is 0 Å². The van der Waals surface area contributed by atoms with Gasteiger partial charge in [0.05, 0.1) is 11.7 Å². The molecule has 4 heterocycles. The highest BCUT2D eigenvalue weighted by molar-refractivity contribution is 5.99. The zero-order valence-corrected chi connectivity index (χ0v) is 20.0. The third-order valence-electron chi connectivity index (χ3n) is 8.19. The van der Waals surface area contributed by atoms with Crippen molar-refractivity contribution in [3.05, 3.63) is 96.0 Å². The van der Waals surface area contributed by atoms with Gasteiger partial charge in [-0.1, -0.05) is 49.0 Å². The van der Waals surface area contributed by atoms with E-state index in [4.69, 9.17) is 15.7 Å². The average Bonchev–Trinajstić information content (AvgIpc) is 3.47. The summed E-state index contributed by atoms with van der Waals surface area (Å²) in [5.74, 6) is 0.872. The zero-order valence-electron chi connectivity index (χ0n) is 20.0. The molecule has 7 rings (SSSR count). The highest BCUT2D eigenvalue weighted by atomic mass is 15.2. The molecule has 1 fully saturated rings. The van der Waals surface area contributed by atoms with E-state index in [0.717, 1.165) is 65.7 Å². The van der Waals surface area contributed by atoms with Gasteiger partial charge >= 0.3 is 0 Å². The van der Waals surface area contributed by atoms with Crippen molar-refractivity contribution >= 4 is 33.5 Å². The van der Waals surface area contributed by atoms with Crippen LogP contribution in [0.4, 0.5) is 5.82 Å². The molecular weight excluding hydrogens is 446 g/mol. The standard InChI is InChI=1S/C29H27N7/c1-18(20-10-13-31-23-9-5-4-8-22(20)23)25-26-28(35-34-25)33-24(17-32-26)36-14-11-29(12-15-36)16-19-6-2-3-7-21(19)27(29)30/h2-10,13,17,27H,1,11-12,14-16,30H2,(H,33,34,35)/t27-/m1/s1. The van der Waals surface area contributed by atoms with Gasteiger partial charge in [0.15, 0.2) is 5.65 Å². The molecule has 1 atom stereocenters. The number of hydrogen-bond donors (Lipinski definition) is 2. The molecular formula is C29H27N7. The minimum absolute atomic E-state index is 0.106. The number of aromatic nitrogens is 5. The van der Waals surface area contributed by atoms with Gasteiger partial charge in [-0.2, -0.15) is 5.10 Å². The van der Waals surface area contributed by atoms with E-state index in [1.165, 1.54) is 11.1 Å². The number of hydrogen-bond acceptors (Lipinski definition) is 6. The van der Waals surface area contributed by atoms with Crippen molar-refractivity contribution in [3.8, 4) is 0 Å². The van der Waals surface area contributed by atoms with Crippen molar-refractivity contribution in [2.75, 3.05) is 18.0 Å². The molecule has 2 aromatic carbocycles. The summed E-state index contributed by atoms with van der Waals surface area (Å²) in [7, 11) is 0. The molecule has 178 valence electrons. The van der Waals surface area contributed by atoms with Gasteiger partial charge in [0, 0.05) is 36.3 Å². The van der Waals surface area contributed by atoms with Crippen LogP contribution < -0.4 is 10.6 Å². The summed E-state index contributed by atoms with van der Waals surface area (Å²) in [6.07, 6.45) is 6.82. The summed E-state index contributed by atoms with van der Waals surface area (Å²) in [4.78, 5) is 16.5. The van der Waals surface area contributed by atoms with E-state index in [1.807, 2.05) is 30.5 Å². The predicted octanol–water partition coefficient (Wildman–Crippen LogP) is 4.81. The van der Waals surface area contributed by atoms with E-state index in [2.05, 4.69) is 57.0 Å². The third-order valence-corrected chi connectivity index (χ3v) is 8.19. The van der Waals surface area contributed by atoms with Gasteiger partial charge < -0.3 is 10.6 Å². The quantitative estimate of drug-likeness (QED) is 0.391. The highest BCUT2D eigenvalue weighted by Crippen LogP contribution is 2.50. The van der Waals surface area contributed by atoms with Crippen molar-refractivity contribution < 1.29 is 0 Å². The summed E-state index contributed by atoms with van der Waals surface area (Å²) in [6.45, 7) is 6.18. The Labute approximate surface area is 209 Å². The van der Waals surface area contributed by atoms with Gasteiger partial charge in [0.25, 0.3) is 0 Å². The first kappa shape index (κ1) is 21.2. The molecule has 0 amide bonds. The molecule has 1 spiro atoms. The Kier molecular flexibility index (Phi) is 4.69. The summed E-state index contributed by atoms with van der Waals surface area (Å²) in [5.41, 5.74) is 14.5. The number of nitrogens with one attached hydrogen (secondary N) is 1. The summed E-state index contributed by atoms with van der Waals surface area (Å²) < 4.78 is 0. The summed E-state index contributed by atoms with van der Waals surface area (Å²) in [6, 6.07) is 18.8. The van der Waals surface area contributed by atoms with Crippen molar-refractivity contribution in [2.24, 2.45) is 11.1 Å². The predicted molar refractivity (Wildman–Crippen MR) is 143 cm³/mol. The molecule has 3 N–H and O–H groups in total. The molecule has 2 aliphatic rings. The van der Waals surface area contributed by atoms with Crippen molar-refractivity contribution in [1.29, 1.82) is 0 Å². The number of nitrogens with two attached hydrogens (primary N) is 1. The van der Waals surface area contributed by atoms with Crippen LogP contribution in [0.1, 0.15) is 41.3 Å². The first-order chi connectivity index (χ1) is 17.6. The molecule has 1 saturated heterocycles. The topological polar surface area (TPSA) is 96.6 Å². The Morgan fingerprint density at radius 2 is 1.83 bits per heavy atom. The zero-order chi connectivity index (χ0) is 24.3. The maximum atomic E-state index is 6.76. The van der Waals surface area contributed by atoms with E-state index in [1.54, 1.807) is 6.20 Å². The molecule has 0 unspecified atom stereocenters. The molecule has 7 heteroatoms. The van der Waals surface area contributed by atoms with Crippen LogP contribution in [-0.4, -0.2) is 38.2 Å². The number of fused-ring (bicyclic) bond motifs is 3. The lowest BCUT2D eigenvalue weighted by atomic mass is 9.73. The molecule has 0 bridgehead atoms. The smallest absolute Gasteiger partial charge is 0.177 e. The lowest BCUT2D eigenvalue weighted by Crippen LogP contribution is -2.44. The second-order valence-corrected chi connectivity index (χ2v) is 10.1. The van der Waals surface area contributed by atoms with Gasteiger partial charge in [-0.3, -0.25) is 10.1 Å². The Morgan fingerprint density at radius 3 is 2.69 bits per heavy atom. The fourth-order valence-electron chi connectivity index (χ4n) is 6.13. The maximum Gasteiger partial charge on any atom is 0.177 e. The number of para-hydroxylation sites is 1. The lowest BCUT2D eigenvalue weighted by molar-refractivity contribution is 0.187. The van der Waals surface area contributed by atoms with E-state index < -0.39 is 0 Å². The molecule has 7 nitrogen and oxygen atoms in total. The minimum Gasteiger partial charge on any atom is -0.355 e. The van der Waals surface area contributed by atoms with Crippen LogP contribution in [0.3, 0.4) is 0 Å². The van der Waals surface area contributed by atoms with Crippen LogP contribution in [0, 0.1) is 5.41 Å². The molecule has 36 heavy (non-hydrogen) atoms. The SMILES string of the molecule is C=C(c1ccnc2ccccc12)c1n[nH]c2nc(N3CCC4(CC3)Cc3ccccc3[C@H]4N)cnc12. The number of benzene rings is 2. The minimum atomic E-state index is 0.106.